The molecule has 55 heavy (non-hydrogen) atoms. The van der Waals surface area contributed by atoms with Gasteiger partial charge >= 0.3 is 0 Å². The van der Waals surface area contributed by atoms with E-state index in [2.05, 4.69) is 67.8 Å². The smallest absolute Gasteiger partial charge is 0.220 e. The molecule has 0 aromatic rings. The summed E-state index contributed by atoms with van der Waals surface area (Å²) in [5.41, 5.74) is 0. The van der Waals surface area contributed by atoms with E-state index in [1.165, 1.54) is 167 Å². The maximum atomic E-state index is 12.4. The van der Waals surface area contributed by atoms with Crippen molar-refractivity contribution in [2.24, 2.45) is 0 Å². The van der Waals surface area contributed by atoms with Gasteiger partial charge in [-0.05, 0) is 57.8 Å². The molecule has 0 saturated carbocycles. The zero-order chi connectivity index (χ0) is 40.0. The average molecular weight is 768 g/mol. The highest BCUT2D eigenvalue weighted by atomic mass is 16.3. The quantitative estimate of drug-likeness (QED) is 0.0427. The average Bonchev–Trinajstić information content (AvgIpc) is 3.19. The molecule has 4 heteroatoms. The Balaban J connectivity index is 3.50. The minimum atomic E-state index is -0.839. The Morgan fingerprint density at radius 2 is 0.800 bits per heavy atom. The third-order valence-corrected chi connectivity index (χ3v) is 10.8. The summed E-state index contributed by atoms with van der Waals surface area (Å²) in [6.07, 6.45) is 64.9. The van der Waals surface area contributed by atoms with E-state index >= 15 is 0 Å². The van der Waals surface area contributed by atoms with E-state index in [1.807, 2.05) is 6.08 Å². The van der Waals surface area contributed by atoms with Gasteiger partial charge in [-0.25, -0.2) is 0 Å². The summed E-state index contributed by atoms with van der Waals surface area (Å²) in [4.78, 5) is 12.4. The van der Waals surface area contributed by atoms with Crippen LogP contribution in [0.15, 0.2) is 60.8 Å². The molecule has 4 nitrogen and oxygen atoms in total. The van der Waals surface area contributed by atoms with Crippen LogP contribution in [0, 0.1) is 0 Å². The van der Waals surface area contributed by atoms with E-state index in [4.69, 9.17) is 0 Å². The molecule has 2 unspecified atom stereocenters. The van der Waals surface area contributed by atoms with Crippen LogP contribution in [-0.2, 0) is 4.79 Å². The molecular weight excluding hydrogens is 675 g/mol. The first-order valence-corrected chi connectivity index (χ1v) is 24.0. The number of carbonyl (C=O) groups is 1. The number of allylic oxidation sites excluding steroid dienone is 9. The number of aliphatic hydroxyl groups excluding tert-OH is 2. The van der Waals surface area contributed by atoms with Crippen LogP contribution in [0.5, 0.6) is 0 Å². The van der Waals surface area contributed by atoms with E-state index in [-0.39, 0.29) is 12.5 Å². The van der Waals surface area contributed by atoms with Crippen molar-refractivity contribution in [3.63, 3.8) is 0 Å². The standard InChI is InChI=1S/C51H93NO3/c1-3-5-7-9-11-13-15-17-19-20-21-22-23-24-25-26-27-28-29-30-31-32-33-35-37-39-41-43-45-47-51(55)52-49(48-53)50(54)46-44-42-40-38-36-34-18-16-14-12-10-8-6-4-2/h5,7,11,13,17,19,21-22,44,46,49-50,53-54H,3-4,6,8-10,12,14-16,18,20,23-43,45,47-48H2,1-2H3,(H,52,55)/b7-5-,13-11-,19-17-,22-21-,46-44+. The van der Waals surface area contributed by atoms with Gasteiger partial charge in [0.05, 0.1) is 18.8 Å². The summed E-state index contributed by atoms with van der Waals surface area (Å²) in [6, 6.07) is -0.622. The van der Waals surface area contributed by atoms with Crippen LogP contribution < -0.4 is 5.32 Å². The first kappa shape index (κ1) is 53.1. The molecule has 0 radical (unpaired) electrons. The van der Waals surface area contributed by atoms with E-state index in [1.54, 1.807) is 6.08 Å². The molecule has 0 aliphatic rings. The molecule has 2 atom stereocenters. The Labute approximate surface area is 343 Å². The van der Waals surface area contributed by atoms with Gasteiger partial charge in [0.25, 0.3) is 0 Å². The van der Waals surface area contributed by atoms with Gasteiger partial charge in [-0.1, -0.05) is 235 Å². The molecule has 1 amide bonds. The molecule has 3 N–H and O–H groups in total. The van der Waals surface area contributed by atoms with Crippen LogP contribution in [-0.4, -0.2) is 34.9 Å². The molecule has 0 spiro atoms. The van der Waals surface area contributed by atoms with Gasteiger partial charge in [0.15, 0.2) is 0 Å². The maximum Gasteiger partial charge on any atom is 0.220 e. The minimum absolute atomic E-state index is 0.0647. The molecule has 0 aliphatic carbocycles. The van der Waals surface area contributed by atoms with Gasteiger partial charge in [-0.15, -0.1) is 0 Å². The van der Waals surface area contributed by atoms with Crippen molar-refractivity contribution in [1.29, 1.82) is 0 Å². The van der Waals surface area contributed by atoms with Crippen molar-refractivity contribution >= 4 is 5.91 Å². The monoisotopic (exact) mass is 768 g/mol. The summed E-state index contributed by atoms with van der Waals surface area (Å²) < 4.78 is 0. The second-order valence-corrected chi connectivity index (χ2v) is 16.1. The second kappa shape index (κ2) is 46.5. The van der Waals surface area contributed by atoms with Gasteiger partial charge < -0.3 is 15.5 Å². The fourth-order valence-electron chi connectivity index (χ4n) is 7.11. The molecule has 0 aromatic carbocycles. The van der Waals surface area contributed by atoms with E-state index in [0.29, 0.717) is 6.42 Å². The van der Waals surface area contributed by atoms with Crippen LogP contribution in [0.25, 0.3) is 0 Å². The molecular formula is C51H93NO3. The number of nitrogens with one attached hydrogen (secondary N) is 1. The lowest BCUT2D eigenvalue weighted by atomic mass is 10.0. The van der Waals surface area contributed by atoms with Crippen LogP contribution >= 0.6 is 0 Å². The fraction of sp³-hybridized carbons (Fsp3) is 0.784. The van der Waals surface area contributed by atoms with E-state index in [9.17, 15) is 15.0 Å². The molecule has 0 aliphatic heterocycles. The summed E-state index contributed by atoms with van der Waals surface area (Å²) in [7, 11) is 0. The summed E-state index contributed by atoms with van der Waals surface area (Å²) in [5.74, 6) is -0.0647. The highest BCUT2D eigenvalue weighted by molar-refractivity contribution is 5.76. The normalized spacial score (nSPS) is 13.5. The number of carbonyl (C=O) groups excluding carboxylic acids is 1. The number of amides is 1. The van der Waals surface area contributed by atoms with Crippen LogP contribution in [0.4, 0.5) is 0 Å². The Morgan fingerprint density at radius 1 is 0.455 bits per heavy atom. The van der Waals surface area contributed by atoms with E-state index in [0.717, 1.165) is 51.4 Å². The molecule has 0 saturated heterocycles. The van der Waals surface area contributed by atoms with Gasteiger partial charge in [-0.2, -0.15) is 0 Å². The number of hydrogen-bond donors (Lipinski definition) is 3. The number of aliphatic hydroxyl groups is 2. The SMILES string of the molecule is CC/C=C\C/C=C\C/C=C\C/C=C\CCCCCCCCCCCCCCCCCCC(=O)NC(CO)C(O)/C=C/CCCCCCCCCCCCCC. The van der Waals surface area contributed by atoms with E-state index < -0.39 is 12.1 Å². The van der Waals surface area contributed by atoms with Crippen LogP contribution in [0.2, 0.25) is 0 Å². The van der Waals surface area contributed by atoms with Crippen molar-refractivity contribution in [3.8, 4) is 0 Å². The number of rotatable bonds is 43. The van der Waals surface area contributed by atoms with Gasteiger partial charge in [0.1, 0.15) is 0 Å². The highest BCUT2D eigenvalue weighted by Gasteiger charge is 2.17. The van der Waals surface area contributed by atoms with Crippen molar-refractivity contribution < 1.29 is 15.0 Å². The lowest BCUT2D eigenvalue weighted by Crippen LogP contribution is -2.45. The predicted molar refractivity (Wildman–Crippen MR) is 244 cm³/mol. The number of unbranched alkanes of at least 4 members (excludes halogenated alkanes) is 28. The third kappa shape index (κ3) is 43.1. The Kier molecular flexibility index (Phi) is 44.9. The summed E-state index contributed by atoms with van der Waals surface area (Å²) in [5, 5.41) is 23.0. The molecule has 0 aromatic heterocycles. The lowest BCUT2D eigenvalue weighted by molar-refractivity contribution is -0.123. The molecule has 0 bridgehead atoms. The summed E-state index contributed by atoms with van der Waals surface area (Å²) >= 11 is 0. The van der Waals surface area contributed by atoms with Gasteiger partial charge in [0, 0.05) is 6.42 Å². The number of hydrogen-bond acceptors (Lipinski definition) is 3. The van der Waals surface area contributed by atoms with Crippen molar-refractivity contribution in [1.82, 2.24) is 5.32 Å². The topological polar surface area (TPSA) is 69.6 Å². The highest BCUT2D eigenvalue weighted by Crippen LogP contribution is 2.16. The zero-order valence-electron chi connectivity index (χ0n) is 36.7. The van der Waals surface area contributed by atoms with Crippen molar-refractivity contribution in [2.75, 3.05) is 6.61 Å². The predicted octanol–water partition coefficient (Wildman–Crippen LogP) is 15.3. The first-order chi connectivity index (χ1) is 27.2. The van der Waals surface area contributed by atoms with Gasteiger partial charge in [-0.3, -0.25) is 4.79 Å². The largest absolute Gasteiger partial charge is 0.394 e. The Bertz CT molecular complexity index is 919. The Hall–Kier alpha value is -1.91. The maximum absolute atomic E-state index is 12.4. The second-order valence-electron chi connectivity index (χ2n) is 16.1. The Morgan fingerprint density at radius 3 is 1.20 bits per heavy atom. The van der Waals surface area contributed by atoms with Crippen molar-refractivity contribution in [2.45, 2.75) is 251 Å². The zero-order valence-corrected chi connectivity index (χ0v) is 36.7. The van der Waals surface area contributed by atoms with Gasteiger partial charge in [0.2, 0.25) is 5.91 Å². The minimum Gasteiger partial charge on any atom is -0.394 e. The molecule has 0 heterocycles. The molecule has 320 valence electrons. The van der Waals surface area contributed by atoms with Crippen LogP contribution in [0.3, 0.4) is 0 Å². The van der Waals surface area contributed by atoms with Crippen molar-refractivity contribution in [3.05, 3.63) is 60.8 Å². The summed E-state index contributed by atoms with van der Waals surface area (Å²) in [6.45, 7) is 4.20. The third-order valence-electron chi connectivity index (χ3n) is 10.8. The fourth-order valence-corrected chi connectivity index (χ4v) is 7.11. The first-order valence-electron chi connectivity index (χ1n) is 24.0. The van der Waals surface area contributed by atoms with Crippen LogP contribution in [0.1, 0.15) is 239 Å². The molecule has 0 fully saturated rings. The molecule has 0 rings (SSSR count). The lowest BCUT2D eigenvalue weighted by Gasteiger charge is -2.20.